The molecule has 2 heterocycles. The number of benzene rings is 1. The molecule has 0 spiro atoms. The maximum Gasteiger partial charge on any atom is 0.0263 e. The molecule has 2 fully saturated rings. The highest BCUT2D eigenvalue weighted by Gasteiger charge is 2.37. The summed E-state index contributed by atoms with van der Waals surface area (Å²) in [5.41, 5.74) is 1.56. The SMILES string of the molecule is CC1CNC(C2CC2)CN1CC1Cc2ccccc2S1. The smallest absolute Gasteiger partial charge is 0.0263 e. The van der Waals surface area contributed by atoms with Crippen LogP contribution in [0.15, 0.2) is 29.2 Å². The van der Waals surface area contributed by atoms with Crippen molar-refractivity contribution in [3.05, 3.63) is 29.8 Å². The summed E-state index contributed by atoms with van der Waals surface area (Å²) in [5.74, 6) is 0.971. The predicted molar refractivity (Wildman–Crippen MR) is 85.3 cm³/mol. The molecule has 0 amide bonds. The fraction of sp³-hybridized carbons (Fsp3) is 0.647. The van der Waals surface area contributed by atoms with Crippen molar-refractivity contribution in [3.8, 4) is 0 Å². The van der Waals surface area contributed by atoms with Gasteiger partial charge < -0.3 is 5.32 Å². The molecule has 0 aromatic heterocycles. The molecule has 4 rings (SSSR count). The molecule has 2 aliphatic heterocycles. The maximum atomic E-state index is 3.75. The lowest BCUT2D eigenvalue weighted by molar-refractivity contribution is 0.133. The minimum Gasteiger partial charge on any atom is -0.311 e. The van der Waals surface area contributed by atoms with E-state index >= 15 is 0 Å². The van der Waals surface area contributed by atoms with E-state index in [1.54, 1.807) is 5.56 Å². The molecular weight excluding hydrogens is 264 g/mol. The van der Waals surface area contributed by atoms with Gasteiger partial charge in [-0.25, -0.2) is 0 Å². The summed E-state index contributed by atoms with van der Waals surface area (Å²) in [6, 6.07) is 10.4. The first kappa shape index (κ1) is 13.2. The van der Waals surface area contributed by atoms with E-state index < -0.39 is 0 Å². The van der Waals surface area contributed by atoms with Crippen LogP contribution in [0.25, 0.3) is 0 Å². The van der Waals surface area contributed by atoms with Crippen molar-refractivity contribution in [1.29, 1.82) is 0 Å². The highest BCUT2D eigenvalue weighted by molar-refractivity contribution is 8.00. The van der Waals surface area contributed by atoms with Crippen LogP contribution in [0.3, 0.4) is 0 Å². The molecule has 3 aliphatic rings. The quantitative estimate of drug-likeness (QED) is 0.921. The van der Waals surface area contributed by atoms with Crippen LogP contribution in [0.1, 0.15) is 25.3 Å². The van der Waals surface area contributed by atoms with Gasteiger partial charge in [-0.3, -0.25) is 4.90 Å². The maximum absolute atomic E-state index is 3.75. The van der Waals surface area contributed by atoms with Gasteiger partial charge in [-0.15, -0.1) is 11.8 Å². The number of hydrogen-bond acceptors (Lipinski definition) is 3. The van der Waals surface area contributed by atoms with Crippen molar-refractivity contribution in [2.75, 3.05) is 19.6 Å². The third-order valence-electron chi connectivity index (χ3n) is 5.07. The van der Waals surface area contributed by atoms with Crippen LogP contribution in [0.2, 0.25) is 0 Å². The van der Waals surface area contributed by atoms with Gasteiger partial charge in [0.05, 0.1) is 0 Å². The first-order valence-electron chi connectivity index (χ1n) is 8.01. The Morgan fingerprint density at radius 3 is 2.95 bits per heavy atom. The molecule has 3 heteroatoms. The Morgan fingerprint density at radius 1 is 1.30 bits per heavy atom. The topological polar surface area (TPSA) is 15.3 Å². The van der Waals surface area contributed by atoms with Gasteiger partial charge in [-0.1, -0.05) is 18.2 Å². The summed E-state index contributed by atoms with van der Waals surface area (Å²) in [4.78, 5) is 4.25. The number of nitrogens with zero attached hydrogens (tertiary/aromatic N) is 1. The van der Waals surface area contributed by atoms with Crippen LogP contribution >= 0.6 is 11.8 Å². The van der Waals surface area contributed by atoms with Gasteiger partial charge in [0.2, 0.25) is 0 Å². The van der Waals surface area contributed by atoms with Crippen LogP contribution < -0.4 is 5.32 Å². The monoisotopic (exact) mass is 288 g/mol. The zero-order valence-corrected chi connectivity index (χ0v) is 13.0. The zero-order chi connectivity index (χ0) is 13.5. The zero-order valence-electron chi connectivity index (χ0n) is 12.2. The molecular formula is C17H24N2S. The molecule has 3 atom stereocenters. The van der Waals surface area contributed by atoms with E-state index in [4.69, 9.17) is 0 Å². The Hall–Kier alpha value is -0.510. The average Bonchev–Trinajstić information content (AvgIpc) is 3.21. The Kier molecular flexibility index (Phi) is 3.53. The Bertz CT molecular complexity index is 461. The lowest BCUT2D eigenvalue weighted by Crippen LogP contribution is -2.57. The number of rotatable bonds is 3. The van der Waals surface area contributed by atoms with Crippen LogP contribution in [0, 0.1) is 5.92 Å². The molecule has 1 aromatic rings. The molecule has 2 nitrogen and oxygen atoms in total. The fourth-order valence-electron chi connectivity index (χ4n) is 3.63. The Morgan fingerprint density at radius 2 is 2.15 bits per heavy atom. The first-order chi connectivity index (χ1) is 9.79. The van der Waals surface area contributed by atoms with E-state index in [-0.39, 0.29) is 0 Å². The molecule has 3 unspecified atom stereocenters. The van der Waals surface area contributed by atoms with Crippen molar-refractivity contribution in [1.82, 2.24) is 10.2 Å². The van der Waals surface area contributed by atoms with Crippen molar-refractivity contribution in [3.63, 3.8) is 0 Å². The predicted octanol–water partition coefficient (Wildman–Crippen LogP) is 2.78. The van der Waals surface area contributed by atoms with Crippen LogP contribution in [0.4, 0.5) is 0 Å². The van der Waals surface area contributed by atoms with Crippen molar-refractivity contribution < 1.29 is 0 Å². The summed E-state index contributed by atoms with van der Waals surface area (Å²) in [5, 5.41) is 4.51. The highest BCUT2D eigenvalue weighted by Crippen LogP contribution is 2.38. The Labute approximate surface area is 126 Å². The summed E-state index contributed by atoms with van der Waals surface area (Å²) in [6.07, 6.45) is 4.15. The van der Waals surface area contributed by atoms with E-state index in [2.05, 4.69) is 53.2 Å². The van der Waals surface area contributed by atoms with Gasteiger partial charge in [-0.05, 0) is 43.7 Å². The fourth-order valence-corrected chi connectivity index (χ4v) is 4.98. The number of nitrogens with one attached hydrogen (secondary N) is 1. The second kappa shape index (κ2) is 5.36. The largest absolute Gasteiger partial charge is 0.311 e. The number of thioether (sulfide) groups is 1. The van der Waals surface area contributed by atoms with Crippen molar-refractivity contribution in [2.24, 2.45) is 5.92 Å². The second-order valence-corrected chi connectivity index (χ2v) is 8.05. The summed E-state index contributed by atoms with van der Waals surface area (Å²) < 4.78 is 0. The summed E-state index contributed by atoms with van der Waals surface area (Å²) >= 11 is 2.10. The molecule has 0 radical (unpaired) electrons. The normalized spacial score (nSPS) is 34.1. The van der Waals surface area contributed by atoms with Gasteiger partial charge in [0.25, 0.3) is 0 Å². The molecule has 1 aromatic carbocycles. The van der Waals surface area contributed by atoms with E-state index in [0.29, 0.717) is 6.04 Å². The first-order valence-corrected chi connectivity index (χ1v) is 8.89. The van der Waals surface area contributed by atoms with E-state index in [9.17, 15) is 0 Å². The molecule has 1 saturated carbocycles. The number of fused-ring (bicyclic) bond motifs is 1. The molecule has 108 valence electrons. The second-order valence-electron chi connectivity index (χ2n) is 6.71. The molecule has 20 heavy (non-hydrogen) atoms. The number of hydrogen-bond donors (Lipinski definition) is 1. The molecule has 0 bridgehead atoms. The number of piperazine rings is 1. The van der Waals surface area contributed by atoms with Crippen LogP contribution in [0.5, 0.6) is 0 Å². The van der Waals surface area contributed by atoms with Gasteiger partial charge >= 0.3 is 0 Å². The minimum atomic E-state index is 0.689. The summed E-state index contributed by atoms with van der Waals surface area (Å²) in [6.45, 7) is 6.07. The average molecular weight is 288 g/mol. The molecule has 1 N–H and O–H groups in total. The van der Waals surface area contributed by atoms with E-state index in [0.717, 1.165) is 17.2 Å². The molecule has 1 saturated heterocycles. The highest BCUT2D eigenvalue weighted by atomic mass is 32.2. The van der Waals surface area contributed by atoms with Crippen molar-refractivity contribution in [2.45, 2.75) is 48.4 Å². The van der Waals surface area contributed by atoms with Gasteiger partial charge in [-0.2, -0.15) is 0 Å². The minimum absolute atomic E-state index is 0.689. The third kappa shape index (κ3) is 2.63. The van der Waals surface area contributed by atoms with Gasteiger partial charge in [0.1, 0.15) is 0 Å². The van der Waals surface area contributed by atoms with Gasteiger partial charge in [0.15, 0.2) is 0 Å². The third-order valence-corrected chi connectivity index (χ3v) is 6.37. The van der Waals surface area contributed by atoms with Gasteiger partial charge in [0, 0.05) is 41.9 Å². The summed E-state index contributed by atoms with van der Waals surface area (Å²) in [7, 11) is 0. The van der Waals surface area contributed by atoms with Crippen LogP contribution in [-0.2, 0) is 6.42 Å². The lowest BCUT2D eigenvalue weighted by atomic mass is 10.0. The molecule has 1 aliphatic carbocycles. The van der Waals surface area contributed by atoms with Crippen LogP contribution in [-0.4, -0.2) is 41.9 Å². The standard InChI is InChI=1S/C17H24N2S/c1-12-9-18-16(13-6-7-13)11-19(12)10-15-8-14-4-2-3-5-17(14)20-15/h2-5,12-13,15-16,18H,6-11H2,1H3. The van der Waals surface area contributed by atoms with E-state index in [1.807, 2.05) is 0 Å². The lowest BCUT2D eigenvalue weighted by Gasteiger charge is -2.40. The van der Waals surface area contributed by atoms with Crippen molar-refractivity contribution >= 4 is 11.8 Å². The van der Waals surface area contributed by atoms with E-state index in [1.165, 1.54) is 43.8 Å². The Balaban J connectivity index is 1.39.